The van der Waals surface area contributed by atoms with E-state index in [1.54, 1.807) is 25.3 Å². The first-order valence-corrected chi connectivity index (χ1v) is 6.98. The normalized spacial score (nSPS) is 13.7. The topological polar surface area (TPSA) is 55.6 Å². The fourth-order valence-electron chi connectivity index (χ4n) is 2.73. The van der Waals surface area contributed by atoms with Gasteiger partial charge in [0.05, 0.1) is 12.7 Å². The van der Waals surface area contributed by atoms with Crippen molar-refractivity contribution < 1.29 is 9.53 Å². The van der Waals surface area contributed by atoms with Crippen molar-refractivity contribution >= 4 is 11.6 Å². The molecule has 0 atom stereocenters. The monoisotopic (exact) mass is 282 g/mol. The summed E-state index contributed by atoms with van der Waals surface area (Å²) in [5.41, 5.74) is 9.42. The first kappa shape index (κ1) is 13.5. The highest BCUT2D eigenvalue weighted by atomic mass is 16.5. The minimum atomic E-state index is -0.0337. The minimum absolute atomic E-state index is 0.0337. The maximum absolute atomic E-state index is 12.7. The molecule has 3 rings (SSSR count). The van der Waals surface area contributed by atoms with Crippen LogP contribution in [0.2, 0.25) is 0 Å². The third-order valence-electron chi connectivity index (χ3n) is 3.87. The molecule has 1 aliphatic heterocycles. The van der Waals surface area contributed by atoms with Gasteiger partial charge in [0.25, 0.3) is 5.91 Å². The van der Waals surface area contributed by atoms with Crippen LogP contribution in [0.5, 0.6) is 5.75 Å². The highest BCUT2D eigenvalue weighted by molar-refractivity contribution is 5.98. The Morgan fingerprint density at radius 1 is 1.19 bits per heavy atom. The number of nitrogens with zero attached hydrogens (tertiary/aromatic N) is 1. The summed E-state index contributed by atoms with van der Waals surface area (Å²) in [5.74, 6) is 0.529. The summed E-state index contributed by atoms with van der Waals surface area (Å²) in [6, 6.07) is 13.4. The molecular weight excluding hydrogens is 264 g/mol. The Morgan fingerprint density at radius 3 is 2.71 bits per heavy atom. The number of carbonyl (C=O) groups is 1. The summed E-state index contributed by atoms with van der Waals surface area (Å²) in [6.45, 7) is 1.35. The maximum atomic E-state index is 12.7. The van der Waals surface area contributed by atoms with Crippen molar-refractivity contribution in [3.05, 3.63) is 59.2 Å². The summed E-state index contributed by atoms with van der Waals surface area (Å²) in [5, 5.41) is 0. The van der Waals surface area contributed by atoms with Crippen LogP contribution in [0.3, 0.4) is 0 Å². The Labute approximate surface area is 124 Å². The van der Waals surface area contributed by atoms with Gasteiger partial charge in [-0.3, -0.25) is 4.79 Å². The van der Waals surface area contributed by atoms with Gasteiger partial charge in [-0.2, -0.15) is 0 Å². The standard InChI is InChI=1S/C17H18N2O2/c1-21-16-7-6-14(18)10-15(16)17(20)19-9-8-12-4-2-3-5-13(12)11-19/h2-7,10H,8-9,11,18H2,1H3. The Balaban J connectivity index is 1.89. The molecule has 0 aromatic heterocycles. The number of carbonyl (C=O) groups excluding carboxylic acids is 1. The molecule has 2 N–H and O–H groups in total. The zero-order valence-corrected chi connectivity index (χ0v) is 12.0. The molecule has 108 valence electrons. The van der Waals surface area contributed by atoms with Gasteiger partial charge in [0.15, 0.2) is 0 Å². The average Bonchev–Trinajstić information content (AvgIpc) is 2.53. The lowest BCUT2D eigenvalue weighted by Crippen LogP contribution is -2.36. The fraction of sp³-hybridized carbons (Fsp3) is 0.235. The van der Waals surface area contributed by atoms with E-state index in [4.69, 9.17) is 10.5 Å². The molecule has 2 aromatic carbocycles. The molecule has 0 unspecified atom stereocenters. The summed E-state index contributed by atoms with van der Waals surface area (Å²) in [6.07, 6.45) is 0.881. The van der Waals surface area contributed by atoms with Gasteiger partial charge in [-0.05, 0) is 35.7 Å². The minimum Gasteiger partial charge on any atom is -0.496 e. The molecular formula is C17H18N2O2. The molecule has 21 heavy (non-hydrogen) atoms. The molecule has 1 aliphatic rings. The Morgan fingerprint density at radius 2 is 1.95 bits per heavy atom. The number of anilines is 1. The summed E-state index contributed by atoms with van der Waals surface area (Å²) >= 11 is 0. The van der Waals surface area contributed by atoms with Crippen LogP contribution in [-0.2, 0) is 13.0 Å². The molecule has 0 radical (unpaired) electrons. The predicted octanol–water partition coefficient (Wildman–Crippen LogP) is 2.48. The quantitative estimate of drug-likeness (QED) is 0.861. The van der Waals surface area contributed by atoms with Gasteiger partial charge < -0.3 is 15.4 Å². The molecule has 0 bridgehead atoms. The number of nitrogens with two attached hydrogens (primary N) is 1. The van der Waals surface area contributed by atoms with Gasteiger partial charge in [0, 0.05) is 18.8 Å². The molecule has 0 spiro atoms. The largest absolute Gasteiger partial charge is 0.496 e. The Hall–Kier alpha value is -2.49. The van der Waals surface area contributed by atoms with Crippen LogP contribution in [0.25, 0.3) is 0 Å². The molecule has 1 amide bonds. The zero-order valence-electron chi connectivity index (χ0n) is 12.0. The van der Waals surface area contributed by atoms with Crippen molar-refractivity contribution in [3.63, 3.8) is 0 Å². The van der Waals surface area contributed by atoms with E-state index < -0.39 is 0 Å². The lowest BCUT2D eigenvalue weighted by molar-refractivity contribution is 0.0731. The van der Waals surface area contributed by atoms with Crippen molar-refractivity contribution in [2.45, 2.75) is 13.0 Å². The lowest BCUT2D eigenvalue weighted by Gasteiger charge is -2.29. The van der Waals surface area contributed by atoms with Crippen molar-refractivity contribution in [2.75, 3.05) is 19.4 Å². The molecule has 0 fully saturated rings. The molecule has 4 nitrogen and oxygen atoms in total. The van der Waals surface area contributed by atoms with Gasteiger partial charge >= 0.3 is 0 Å². The van der Waals surface area contributed by atoms with E-state index in [1.165, 1.54) is 11.1 Å². The lowest BCUT2D eigenvalue weighted by atomic mass is 9.99. The van der Waals surface area contributed by atoms with Crippen LogP contribution in [0.15, 0.2) is 42.5 Å². The number of rotatable bonds is 2. The SMILES string of the molecule is COc1ccc(N)cc1C(=O)N1CCc2ccccc2C1. The van der Waals surface area contributed by atoms with E-state index in [-0.39, 0.29) is 5.91 Å². The van der Waals surface area contributed by atoms with Crippen molar-refractivity contribution in [3.8, 4) is 5.75 Å². The fourth-order valence-corrected chi connectivity index (χ4v) is 2.73. The molecule has 0 saturated heterocycles. The first-order valence-electron chi connectivity index (χ1n) is 6.98. The van der Waals surface area contributed by atoms with Crippen molar-refractivity contribution in [1.82, 2.24) is 4.90 Å². The second-order valence-corrected chi connectivity index (χ2v) is 5.21. The van der Waals surface area contributed by atoms with Crippen LogP contribution in [-0.4, -0.2) is 24.5 Å². The molecule has 2 aromatic rings. The third kappa shape index (κ3) is 2.57. The van der Waals surface area contributed by atoms with E-state index in [2.05, 4.69) is 12.1 Å². The number of nitrogen functional groups attached to an aromatic ring is 1. The van der Waals surface area contributed by atoms with Gasteiger partial charge in [-0.15, -0.1) is 0 Å². The zero-order chi connectivity index (χ0) is 14.8. The number of hydrogen-bond donors (Lipinski definition) is 1. The molecule has 1 heterocycles. The smallest absolute Gasteiger partial charge is 0.258 e. The predicted molar refractivity (Wildman–Crippen MR) is 82.3 cm³/mol. The number of hydrogen-bond acceptors (Lipinski definition) is 3. The van der Waals surface area contributed by atoms with Crippen molar-refractivity contribution in [1.29, 1.82) is 0 Å². The van der Waals surface area contributed by atoms with Crippen LogP contribution < -0.4 is 10.5 Å². The number of fused-ring (bicyclic) bond motifs is 1. The number of ether oxygens (including phenoxy) is 1. The summed E-state index contributed by atoms with van der Waals surface area (Å²) in [4.78, 5) is 14.6. The number of benzene rings is 2. The van der Waals surface area contributed by atoms with E-state index >= 15 is 0 Å². The average molecular weight is 282 g/mol. The van der Waals surface area contributed by atoms with E-state index in [0.29, 0.717) is 30.1 Å². The van der Waals surface area contributed by atoms with Crippen molar-refractivity contribution in [2.24, 2.45) is 0 Å². The second kappa shape index (κ2) is 5.48. The van der Waals surface area contributed by atoms with Crippen LogP contribution >= 0.6 is 0 Å². The first-order chi connectivity index (χ1) is 10.2. The van der Waals surface area contributed by atoms with Crippen LogP contribution in [0.4, 0.5) is 5.69 Å². The molecule has 0 saturated carbocycles. The van der Waals surface area contributed by atoms with Crippen LogP contribution in [0, 0.1) is 0 Å². The van der Waals surface area contributed by atoms with Gasteiger partial charge in [0.2, 0.25) is 0 Å². The Kier molecular flexibility index (Phi) is 3.52. The molecule has 4 heteroatoms. The highest BCUT2D eigenvalue weighted by Crippen LogP contribution is 2.26. The highest BCUT2D eigenvalue weighted by Gasteiger charge is 2.23. The van der Waals surface area contributed by atoms with E-state index in [0.717, 1.165) is 6.42 Å². The molecule has 0 aliphatic carbocycles. The second-order valence-electron chi connectivity index (χ2n) is 5.21. The summed E-state index contributed by atoms with van der Waals surface area (Å²) < 4.78 is 5.28. The third-order valence-corrected chi connectivity index (χ3v) is 3.87. The van der Waals surface area contributed by atoms with E-state index in [9.17, 15) is 4.79 Å². The van der Waals surface area contributed by atoms with Crippen LogP contribution in [0.1, 0.15) is 21.5 Å². The van der Waals surface area contributed by atoms with Gasteiger partial charge in [0.1, 0.15) is 5.75 Å². The maximum Gasteiger partial charge on any atom is 0.258 e. The summed E-state index contributed by atoms with van der Waals surface area (Å²) in [7, 11) is 1.56. The van der Waals surface area contributed by atoms with Gasteiger partial charge in [-0.25, -0.2) is 0 Å². The Bertz CT molecular complexity index is 682. The number of amides is 1. The van der Waals surface area contributed by atoms with E-state index in [1.807, 2.05) is 17.0 Å². The number of methoxy groups -OCH3 is 1. The van der Waals surface area contributed by atoms with Gasteiger partial charge in [-0.1, -0.05) is 24.3 Å².